The first-order valence-electron chi connectivity index (χ1n) is 10.0. The highest BCUT2D eigenvalue weighted by Crippen LogP contribution is 2.24. The molecule has 0 radical (unpaired) electrons. The van der Waals surface area contributed by atoms with Crippen molar-refractivity contribution in [3.63, 3.8) is 0 Å². The number of morpholine rings is 1. The number of nitrogens with zero attached hydrogens (tertiary/aromatic N) is 4. The van der Waals surface area contributed by atoms with Crippen LogP contribution >= 0.6 is 22.6 Å². The molecule has 1 aromatic carbocycles. The van der Waals surface area contributed by atoms with Gasteiger partial charge in [-0.05, 0) is 58.5 Å². The number of aromatic nitrogens is 3. The molecule has 4 aromatic rings. The fourth-order valence-corrected chi connectivity index (χ4v) is 4.41. The highest BCUT2D eigenvalue weighted by molar-refractivity contribution is 14.1. The molecule has 1 fully saturated rings. The SMILES string of the molecule is O=c1cc(-n2ccc3cc(N4CCOCC4)cnc32)ccn1Cc1ccc(F)c(I)c1. The normalized spacial score (nSPS) is 14.3. The van der Waals surface area contributed by atoms with Gasteiger partial charge >= 0.3 is 0 Å². The van der Waals surface area contributed by atoms with Crippen molar-refractivity contribution in [3.05, 3.63) is 86.4 Å². The number of anilines is 1. The Morgan fingerprint density at radius 2 is 1.87 bits per heavy atom. The number of hydrogen-bond acceptors (Lipinski definition) is 4. The van der Waals surface area contributed by atoms with E-state index in [2.05, 4.69) is 16.0 Å². The first-order valence-corrected chi connectivity index (χ1v) is 11.1. The summed E-state index contributed by atoms with van der Waals surface area (Å²) in [6.45, 7) is 3.57. The number of ether oxygens (including phenoxy) is 1. The van der Waals surface area contributed by atoms with Crippen molar-refractivity contribution < 1.29 is 9.13 Å². The Morgan fingerprint density at radius 1 is 1.03 bits per heavy atom. The second kappa shape index (κ2) is 8.43. The van der Waals surface area contributed by atoms with E-state index >= 15 is 0 Å². The van der Waals surface area contributed by atoms with Crippen LogP contribution in [0.25, 0.3) is 16.7 Å². The third kappa shape index (κ3) is 4.09. The summed E-state index contributed by atoms with van der Waals surface area (Å²) >= 11 is 1.96. The fraction of sp³-hybridized carbons (Fsp3) is 0.217. The second-order valence-corrected chi connectivity index (χ2v) is 8.65. The molecule has 31 heavy (non-hydrogen) atoms. The van der Waals surface area contributed by atoms with Crippen LogP contribution in [0.1, 0.15) is 5.56 Å². The second-order valence-electron chi connectivity index (χ2n) is 7.49. The van der Waals surface area contributed by atoms with E-state index in [0.717, 1.165) is 54.3 Å². The Labute approximate surface area is 192 Å². The van der Waals surface area contributed by atoms with Gasteiger partial charge in [0.05, 0.1) is 37.3 Å². The predicted octanol–water partition coefficient (Wildman–Crippen LogP) is 3.82. The van der Waals surface area contributed by atoms with Gasteiger partial charge in [-0.3, -0.25) is 4.79 Å². The molecule has 0 aliphatic carbocycles. The summed E-state index contributed by atoms with van der Waals surface area (Å²) in [5.41, 5.74) is 3.41. The molecule has 0 saturated carbocycles. The predicted molar refractivity (Wildman–Crippen MR) is 127 cm³/mol. The molecular formula is C23H20FIN4O2. The molecule has 0 N–H and O–H groups in total. The van der Waals surface area contributed by atoms with E-state index in [1.165, 1.54) is 6.07 Å². The topological polar surface area (TPSA) is 52.3 Å². The van der Waals surface area contributed by atoms with Gasteiger partial charge in [-0.1, -0.05) is 6.07 Å². The van der Waals surface area contributed by atoms with Crippen molar-refractivity contribution in [2.24, 2.45) is 0 Å². The van der Waals surface area contributed by atoms with E-state index in [0.29, 0.717) is 10.1 Å². The van der Waals surface area contributed by atoms with Crippen LogP contribution in [-0.2, 0) is 11.3 Å². The molecule has 6 nitrogen and oxygen atoms in total. The average molecular weight is 530 g/mol. The summed E-state index contributed by atoms with van der Waals surface area (Å²) in [6, 6.07) is 12.5. The number of hydrogen-bond donors (Lipinski definition) is 0. The Bertz CT molecular complexity index is 1310. The lowest BCUT2D eigenvalue weighted by Gasteiger charge is -2.28. The Hall–Kier alpha value is -2.72. The number of pyridine rings is 2. The molecule has 158 valence electrons. The van der Waals surface area contributed by atoms with Gasteiger partial charge in [-0.25, -0.2) is 9.37 Å². The van der Waals surface area contributed by atoms with E-state index in [4.69, 9.17) is 4.74 Å². The zero-order valence-electron chi connectivity index (χ0n) is 16.7. The van der Waals surface area contributed by atoms with Crippen molar-refractivity contribution in [3.8, 4) is 5.69 Å². The van der Waals surface area contributed by atoms with Crippen LogP contribution in [0.3, 0.4) is 0 Å². The highest BCUT2D eigenvalue weighted by Gasteiger charge is 2.14. The standard InChI is InChI=1S/C23H20FIN4O2/c24-20-2-1-16(11-21(20)25)15-28-5-4-18(13-22(28)30)29-6-3-17-12-19(14-26-23(17)29)27-7-9-31-10-8-27/h1-6,11-14H,7-10,15H2. The fourth-order valence-electron chi connectivity index (χ4n) is 3.83. The summed E-state index contributed by atoms with van der Waals surface area (Å²) in [6.07, 6.45) is 5.57. The maximum Gasteiger partial charge on any atom is 0.252 e. The van der Waals surface area contributed by atoms with Gasteiger partial charge in [-0.2, -0.15) is 0 Å². The third-order valence-corrected chi connectivity index (χ3v) is 6.31. The number of halogens is 2. The first kappa shape index (κ1) is 20.2. The van der Waals surface area contributed by atoms with Gasteiger partial charge < -0.3 is 18.8 Å². The van der Waals surface area contributed by atoms with Gasteiger partial charge in [-0.15, -0.1) is 0 Å². The molecule has 1 saturated heterocycles. The van der Waals surface area contributed by atoms with Gasteiger partial charge in [0, 0.05) is 40.5 Å². The van der Waals surface area contributed by atoms with Crippen molar-refractivity contribution >= 4 is 39.3 Å². The molecule has 0 unspecified atom stereocenters. The van der Waals surface area contributed by atoms with Crippen LogP contribution in [0, 0.1) is 9.39 Å². The van der Waals surface area contributed by atoms with Crippen molar-refractivity contribution in [1.82, 2.24) is 14.1 Å². The number of benzene rings is 1. The summed E-state index contributed by atoms with van der Waals surface area (Å²) in [4.78, 5) is 19.7. The van der Waals surface area contributed by atoms with Crippen LogP contribution in [-0.4, -0.2) is 40.4 Å². The minimum atomic E-state index is -0.254. The molecule has 0 bridgehead atoms. The summed E-state index contributed by atoms with van der Waals surface area (Å²) in [5.74, 6) is -0.254. The maximum atomic E-state index is 13.5. The van der Waals surface area contributed by atoms with Gasteiger partial charge in [0.2, 0.25) is 0 Å². The molecule has 0 atom stereocenters. The van der Waals surface area contributed by atoms with Gasteiger partial charge in [0.15, 0.2) is 0 Å². The van der Waals surface area contributed by atoms with E-state index in [9.17, 15) is 9.18 Å². The monoisotopic (exact) mass is 530 g/mol. The summed E-state index contributed by atoms with van der Waals surface area (Å²) < 4.78 is 23.0. The van der Waals surface area contributed by atoms with Gasteiger partial charge in [0.25, 0.3) is 5.56 Å². The van der Waals surface area contributed by atoms with Crippen LogP contribution in [0.2, 0.25) is 0 Å². The van der Waals surface area contributed by atoms with Crippen molar-refractivity contribution in [2.45, 2.75) is 6.54 Å². The smallest absolute Gasteiger partial charge is 0.252 e. The van der Waals surface area contributed by atoms with E-state index < -0.39 is 0 Å². The molecule has 0 amide bonds. The molecule has 8 heteroatoms. The minimum absolute atomic E-state index is 0.122. The first-order chi connectivity index (χ1) is 15.1. The van der Waals surface area contributed by atoms with E-state index in [1.807, 2.05) is 51.7 Å². The molecule has 1 aliphatic rings. The Balaban J connectivity index is 1.42. The average Bonchev–Trinajstić information content (AvgIpc) is 3.21. The van der Waals surface area contributed by atoms with Crippen LogP contribution in [0.15, 0.2) is 65.8 Å². The Morgan fingerprint density at radius 3 is 2.65 bits per heavy atom. The van der Waals surface area contributed by atoms with E-state index in [1.54, 1.807) is 29.0 Å². The van der Waals surface area contributed by atoms with Crippen LogP contribution in [0.4, 0.5) is 10.1 Å². The largest absolute Gasteiger partial charge is 0.378 e. The molecule has 3 aromatic heterocycles. The highest BCUT2D eigenvalue weighted by atomic mass is 127. The van der Waals surface area contributed by atoms with Gasteiger partial charge in [0.1, 0.15) is 11.5 Å². The molecule has 1 aliphatic heterocycles. The lowest BCUT2D eigenvalue weighted by molar-refractivity contribution is 0.122. The van der Waals surface area contributed by atoms with Crippen LogP contribution < -0.4 is 10.5 Å². The third-order valence-electron chi connectivity index (χ3n) is 5.48. The zero-order chi connectivity index (χ0) is 21.4. The minimum Gasteiger partial charge on any atom is -0.378 e. The van der Waals surface area contributed by atoms with Crippen molar-refractivity contribution in [2.75, 3.05) is 31.2 Å². The van der Waals surface area contributed by atoms with Crippen molar-refractivity contribution in [1.29, 1.82) is 0 Å². The molecule has 4 heterocycles. The van der Waals surface area contributed by atoms with Crippen LogP contribution in [0.5, 0.6) is 0 Å². The lowest BCUT2D eigenvalue weighted by Crippen LogP contribution is -2.36. The number of rotatable bonds is 4. The quantitative estimate of drug-likeness (QED) is 0.377. The molecular weight excluding hydrogens is 510 g/mol. The number of fused-ring (bicyclic) bond motifs is 1. The molecule has 5 rings (SSSR count). The lowest BCUT2D eigenvalue weighted by atomic mass is 10.2. The summed E-state index contributed by atoms with van der Waals surface area (Å²) in [5, 5.41) is 1.02. The maximum absolute atomic E-state index is 13.5. The Kier molecular flexibility index (Phi) is 5.49. The molecule has 0 spiro atoms. The zero-order valence-corrected chi connectivity index (χ0v) is 18.8. The van der Waals surface area contributed by atoms with E-state index in [-0.39, 0.29) is 11.4 Å². The summed E-state index contributed by atoms with van der Waals surface area (Å²) in [7, 11) is 0.